The normalized spacial score (nSPS) is 31.5. The van der Waals surface area contributed by atoms with E-state index in [4.69, 9.17) is 14.5 Å². The molecule has 0 spiro atoms. The van der Waals surface area contributed by atoms with Gasteiger partial charge >= 0.3 is 5.97 Å². The Hall–Kier alpha value is -2.41. The number of nitrogens with zero attached hydrogens (tertiary/aromatic N) is 2. The number of pyridine rings is 1. The SMILES string of the molecule is CCOC(=O)C1(c2cn3c(C(=O)NCC45CC6CC(CC(C6)C4)C5)cccc3n2)CCOCC1. The summed E-state index contributed by atoms with van der Waals surface area (Å²) in [5.74, 6) is 2.26. The van der Waals surface area contributed by atoms with E-state index >= 15 is 0 Å². The number of fused-ring (bicyclic) bond motifs is 1. The smallest absolute Gasteiger partial charge is 0.318 e. The Labute approximate surface area is 200 Å². The van der Waals surface area contributed by atoms with Gasteiger partial charge in [0.05, 0.1) is 12.3 Å². The monoisotopic (exact) mass is 465 g/mol. The van der Waals surface area contributed by atoms with Crippen molar-refractivity contribution in [2.75, 3.05) is 26.4 Å². The molecule has 5 fully saturated rings. The number of esters is 1. The Kier molecular flexibility index (Phi) is 5.43. The fourth-order valence-electron chi connectivity index (χ4n) is 7.85. The molecule has 5 aliphatic rings. The van der Waals surface area contributed by atoms with Crippen LogP contribution in [0.1, 0.15) is 74.5 Å². The first kappa shape index (κ1) is 22.1. The fraction of sp³-hybridized carbons (Fsp3) is 0.667. The van der Waals surface area contributed by atoms with Crippen LogP contribution >= 0.6 is 0 Å². The van der Waals surface area contributed by atoms with Gasteiger partial charge in [-0.3, -0.25) is 14.0 Å². The van der Waals surface area contributed by atoms with Crippen LogP contribution in [-0.2, 0) is 19.7 Å². The van der Waals surface area contributed by atoms with E-state index in [-0.39, 0.29) is 17.3 Å². The maximum absolute atomic E-state index is 13.4. The number of aromatic nitrogens is 2. The third-order valence-corrected chi connectivity index (χ3v) is 9.02. The Bertz CT molecular complexity index is 1070. The van der Waals surface area contributed by atoms with Crippen molar-refractivity contribution in [3.63, 3.8) is 0 Å². The minimum atomic E-state index is -0.826. The van der Waals surface area contributed by atoms with E-state index in [0.29, 0.717) is 49.7 Å². The topological polar surface area (TPSA) is 81.9 Å². The zero-order valence-electron chi connectivity index (χ0n) is 20.1. The molecule has 182 valence electrons. The van der Waals surface area contributed by atoms with E-state index in [0.717, 1.165) is 24.3 Å². The number of ether oxygens (including phenoxy) is 2. The van der Waals surface area contributed by atoms with Crippen LogP contribution in [0.15, 0.2) is 24.4 Å². The van der Waals surface area contributed by atoms with Gasteiger partial charge in [0.2, 0.25) is 0 Å². The molecule has 4 bridgehead atoms. The first-order valence-corrected chi connectivity index (χ1v) is 13.0. The molecule has 0 atom stereocenters. The van der Waals surface area contributed by atoms with Crippen LogP contribution in [0.2, 0.25) is 0 Å². The molecule has 1 aliphatic heterocycles. The van der Waals surface area contributed by atoms with Gasteiger partial charge in [-0.1, -0.05) is 6.07 Å². The van der Waals surface area contributed by atoms with Crippen LogP contribution in [0.5, 0.6) is 0 Å². The number of imidazole rings is 1. The van der Waals surface area contributed by atoms with Gasteiger partial charge in [-0.15, -0.1) is 0 Å². The summed E-state index contributed by atoms with van der Waals surface area (Å²) >= 11 is 0. The first-order chi connectivity index (χ1) is 16.5. The standard InChI is InChI=1S/C27H35N3O4/c1-2-34-25(32)27(6-8-33-9-7-27)22-16-30-21(4-3-5-23(30)29-22)24(31)28-17-26-13-18-10-19(14-26)12-20(11-18)15-26/h3-5,16,18-20H,2,6-15,17H2,1H3,(H,28,31). The second kappa shape index (κ2) is 8.36. The molecule has 4 saturated carbocycles. The summed E-state index contributed by atoms with van der Waals surface area (Å²) in [7, 11) is 0. The molecule has 0 unspecified atom stereocenters. The average molecular weight is 466 g/mol. The Morgan fingerprint density at radius 1 is 1.12 bits per heavy atom. The van der Waals surface area contributed by atoms with Gasteiger partial charge in [-0.05, 0) is 93.6 Å². The Balaban J connectivity index is 1.26. The highest BCUT2D eigenvalue weighted by atomic mass is 16.5. The number of carbonyl (C=O) groups is 2. The van der Waals surface area contributed by atoms with Crippen molar-refractivity contribution in [2.45, 2.75) is 63.7 Å². The summed E-state index contributed by atoms with van der Waals surface area (Å²) in [5, 5.41) is 3.29. The molecule has 7 rings (SSSR count). The molecule has 7 heteroatoms. The van der Waals surface area contributed by atoms with Gasteiger partial charge in [0.1, 0.15) is 16.8 Å². The third kappa shape index (κ3) is 3.63. The molecule has 2 aromatic rings. The highest BCUT2D eigenvalue weighted by molar-refractivity contribution is 5.93. The van der Waals surface area contributed by atoms with Gasteiger partial charge in [0.25, 0.3) is 5.91 Å². The zero-order chi connectivity index (χ0) is 23.3. The molecule has 0 radical (unpaired) electrons. The van der Waals surface area contributed by atoms with E-state index in [2.05, 4.69) is 5.32 Å². The molecule has 7 nitrogen and oxygen atoms in total. The number of hydrogen-bond donors (Lipinski definition) is 1. The highest BCUT2D eigenvalue weighted by Crippen LogP contribution is 2.59. The molecule has 2 aromatic heterocycles. The highest BCUT2D eigenvalue weighted by Gasteiger charge is 2.51. The van der Waals surface area contributed by atoms with E-state index in [1.807, 2.05) is 35.7 Å². The largest absolute Gasteiger partial charge is 0.465 e. The number of hydrogen-bond acceptors (Lipinski definition) is 5. The van der Waals surface area contributed by atoms with Crippen molar-refractivity contribution in [2.24, 2.45) is 23.2 Å². The predicted molar refractivity (Wildman–Crippen MR) is 126 cm³/mol. The maximum Gasteiger partial charge on any atom is 0.318 e. The van der Waals surface area contributed by atoms with Crippen LogP contribution in [0.4, 0.5) is 0 Å². The van der Waals surface area contributed by atoms with Crippen molar-refractivity contribution >= 4 is 17.5 Å². The lowest BCUT2D eigenvalue weighted by Crippen LogP contribution is -2.51. The van der Waals surface area contributed by atoms with Gasteiger partial charge in [-0.25, -0.2) is 4.98 Å². The first-order valence-electron chi connectivity index (χ1n) is 13.0. The molecule has 1 amide bonds. The predicted octanol–water partition coefficient (Wildman–Crippen LogP) is 3.89. The lowest BCUT2D eigenvalue weighted by Gasteiger charge is -2.56. The molecule has 34 heavy (non-hydrogen) atoms. The van der Waals surface area contributed by atoms with E-state index < -0.39 is 5.41 Å². The van der Waals surface area contributed by atoms with Crippen molar-refractivity contribution in [1.82, 2.24) is 14.7 Å². The summed E-state index contributed by atoms with van der Waals surface area (Å²) in [5.41, 5.74) is 1.36. The van der Waals surface area contributed by atoms with E-state index in [9.17, 15) is 9.59 Å². The van der Waals surface area contributed by atoms with Crippen LogP contribution in [0.3, 0.4) is 0 Å². The summed E-state index contributed by atoms with van der Waals surface area (Å²) < 4.78 is 12.8. The van der Waals surface area contributed by atoms with Crippen molar-refractivity contribution in [1.29, 1.82) is 0 Å². The number of amides is 1. The van der Waals surface area contributed by atoms with Crippen LogP contribution < -0.4 is 5.32 Å². The minimum absolute atomic E-state index is 0.0672. The molecule has 4 aliphatic carbocycles. The summed E-state index contributed by atoms with van der Waals surface area (Å²) in [6.45, 7) is 3.89. The third-order valence-electron chi connectivity index (χ3n) is 9.02. The lowest BCUT2D eigenvalue weighted by atomic mass is 9.49. The summed E-state index contributed by atoms with van der Waals surface area (Å²) in [6.07, 6.45) is 10.9. The molecule has 3 heterocycles. The number of rotatable bonds is 6. The van der Waals surface area contributed by atoms with Gasteiger partial charge in [0.15, 0.2) is 0 Å². The molecular weight excluding hydrogens is 430 g/mol. The molecule has 1 saturated heterocycles. The van der Waals surface area contributed by atoms with Gasteiger partial charge in [0, 0.05) is 26.0 Å². The van der Waals surface area contributed by atoms with E-state index in [1.54, 1.807) is 0 Å². The van der Waals surface area contributed by atoms with Gasteiger partial charge < -0.3 is 14.8 Å². The summed E-state index contributed by atoms with van der Waals surface area (Å²) in [6, 6.07) is 5.60. The number of carbonyl (C=O) groups excluding carboxylic acids is 2. The number of nitrogens with one attached hydrogen (secondary N) is 1. The van der Waals surface area contributed by atoms with E-state index in [1.165, 1.54) is 38.5 Å². The lowest BCUT2D eigenvalue weighted by molar-refractivity contribution is -0.154. The maximum atomic E-state index is 13.4. The molecular formula is C27H35N3O4. The quantitative estimate of drug-likeness (QED) is 0.655. The average Bonchev–Trinajstić information content (AvgIpc) is 3.27. The van der Waals surface area contributed by atoms with Crippen LogP contribution in [0, 0.1) is 23.2 Å². The van der Waals surface area contributed by atoms with Crippen molar-refractivity contribution < 1.29 is 19.1 Å². The van der Waals surface area contributed by atoms with Crippen LogP contribution in [0.25, 0.3) is 5.65 Å². The summed E-state index contributed by atoms with van der Waals surface area (Å²) in [4.78, 5) is 31.2. The molecule has 0 aromatic carbocycles. The fourth-order valence-corrected chi connectivity index (χ4v) is 7.85. The zero-order valence-corrected chi connectivity index (χ0v) is 20.1. The Morgan fingerprint density at radius 2 is 1.79 bits per heavy atom. The van der Waals surface area contributed by atoms with Crippen molar-refractivity contribution in [3.05, 3.63) is 35.8 Å². The van der Waals surface area contributed by atoms with Crippen LogP contribution in [-0.4, -0.2) is 47.6 Å². The Morgan fingerprint density at radius 3 is 2.44 bits per heavy atom. The second-order valence-corrected chi connectivity index (χ2v) is 11.3. The second-order valence-electron chi connectivity index (χ2n) is 11.3. The van der Waals surface area contributed by atoms with Gasteiger partial charge in [-0.2, -0.15) is 0 Å². The molecule has 1 N–H and O–H groups in total. The van der Waals surface area contributed by atoms with Crippen molar-refractivity contribution in [3.8, 4) is 0 Å². The minimum Gasteiger partial charge on any atom is -0.465 e.